The summed E-state index contributed by atoms with van der Waals surface area (Å²) in [4.78, 5) is 4.59. The molecule has 2 heterocycles. The molecule has 1 aromatic rings. The van der Waals surface area contributed by atoms with Gasteiger partial charge < -0.3 is 5.32 Å². The molecule has 96 valence electrons. The smallest absolute Gasteiger partial charge is 0.202 e. The summed E-state index contributed by atoms with van der Waals surface area (Å²) >= 11 is 5.55. The monoisotopic (exact) mass is 289 g/mol. The van der Waals surface area contributed by atoms with Gasteiger partial charge in [0.05, 0.1) is 5.25 Å². The molecule has 2 rings (SSSR count). The van der Waals surface area contributed by atoms with Crippen molar-refractivity contribution in [2.75, 3.05) is 17.6 Å². The summed E-state index contributed by atoms with van der Waals surface area (Å²) in [5, 5.41) is 6.18. The fourth-order valence-corrected chi connectivity index (χ4v) is 5.15. The molecule has 1 N–H and O–H groups in total. The standard InChI is InChI=1S/C11H19N3S3/c1-4-5-12-11-13-10(14-17-11)9-6-15-7(2)8(3)16-9/h7-9H,4-6H2,1-3H3,(H,12,13,14). The number of hydrogen-bond donors (Lipinski definition) is 1. The lowest BCUT2D eigenvalue weighted by Gasteiger charge is -2.29. The van der Waals surface area contributed by atoms with Crippen LogP contribution in [0.2, 0.25) is 0 Å². The van der Waals surface area contributed by atoms with E-state index in [0.29, 0.717) is 10.5 Å². The van der Waals surface area contributed by atoms with E-state index < -0.39 is 0 Å². The third kappa shape index (κ3) is 3.51. The molecule has 3 unspecified atom stereocenters. The highest BCUT2D eigenvalue weighted by atomic mass is 32.2. The molecule has 1 saturated heterocycles. The molecule has 0 aliphatic carbocycles. The van der Waals surface area contributed by atoms with Gasteiger partial charge in [-0.25, -0.2) is 4.98 Å². The minimum Gasteiger partial charge on any atom is -0.360 e. The van der Waals surface area contributed by atoms with E-state index in [9.17, 15) is 0 Å². The van der Waals surface area contributed by atoms with E-state index >= 15 is 0 Å². The second kappa shape index (κ2) is 6.29. The van der Waals surface area contributed by atoms with E-state index in [2.05, 4.69) is 35.4 Å². The van der Waals surface area contributed by atoms with Gasteiger partial charge in [-0.2, -0.15) is 16.1 Å². The lowest BCUT2D eigenvalue weighted by Crippen LogP contribution is -2.22. The summed E-state index contributed by atoms with van der Waals surface area (Å²) in [5.41, 5.74) is 0. The third-order valence-corrected chi connectivity index (χ3v) is 6.88. The van der Waals surface area contributed by atoms with Crippen LogP contribution in [0, 0.1) is 0 Å². The van der Waals surface area contributed by atoms with E-state index in [1.165, 1.54) is 11.5 Å². The van der Waals surface area contributed by atoms with Crippen LogP contribution < -0.4 is 5.32 Å². The Morgan fingerprint density at radius 1 is 1.35 bits per heavy atom. The van der Waals surface area contributed by atoms with E-state index in [1.807, 2.05) is 23.5 Å². The fraction of sp³-hybridized carbons (Fsp3) is 0.818. The zero-order valence-electron chi connectivity index (χ0n) is 10.5. The normalized spacial score (nSPS) is 29.2. The van der Waals surface area contributed by atoms with Crippen LogP contribution in [-0.4, -0.2) is 32.2 Å². The number of aromatic nitrogens is 2. The van der Waals surface area contributed by atoms with Crippen molar-refractivity contribution in [1.29, 1.82) is 0 Å². The number of nitrogens with zero attached hydrogens (tertiary/aromatic N) is 2. The second-order valence-electron chi connectivity index (χ2n) is 4.25. The van der Waals surface area contributed by atoms with Gasteiger partial charge in [0, 0.05) is 34.3 Å². The maximum Gasteiger partial charge on any atom is 0.202 e. The van der Waals surface area contributed by atoms with Crippen molar-refractivity contribution >= 4 is 40.2 Å². The van der Waals surface area contributed by atoms with Crippen LogP contribution in [0.5, 0.6) is 0 Å². The van der Waals surface area contributed by atoms with Gasteiger partial charge in [0.25, 0.3) is 0 Å². The average Bonchev–Trinajstić information content (AvgIpc) is 2.79. The minimum atomic E-state index is 0.472. The summed E-state index contributed by atoms with van der Waals surface area (Å²) in [6.07, 6.45) is 1.12. The van der Waals surface area contributed by atoms with E-state index in [1.54, 1.807) is 0 Å². The van der Waals surface area contributed by atoms with Gasteiger partial charge in [0.2, 0.25) is 5.13 Å². The third-order valence-electron chi connectivity index (χ3n) is 2.81. The summed E-state index contributed by atoms with van der Waals surface area (Å²) in [6.45, 7) is 7.75. The first-order valence-corrected chi connectivity index (χ1v) is 8.81. The first-order chi connectivity index (χ1) is 8.20. The Morgan fingerprint density at radius 3 is 2.88 bits per heavy atom. The van der Waals surface area contributed by atoms with E-state index in [4.69, 9.17) is 0 Å². The van der Waals surface area contributed by atoms with Gasteiger partial charge in [-0.3, -0.25) is 0 Å². The number of hydrogen-bond acceptors (Lipinski definition) is 6. The molecule has 0 spiro atoms. The Kier molecular flexibility index (Phi) is 4.99. The van der Waals surface area contributed by atoms with E-state index in [0.717, 1.165) is 34.9 Å². The van der Waals surface area contributed by atoms with Gasteiger partial charge in [-0.15, -0.1) is 11.8 Å². The molecule has 6 heteroatoms. The quantitative estimate of drug-likeness (QED) is 0.915. The average molecular weight is 289 g/mol. The minimum absolute atomic E-state index is 0.472. The van der Waals surface area contributed by atoms with Crippen molar-refractivity contribution in [2.45, 2.75) is 42.9 Å². The molecule has 1 aliphatic rings. The highest BCUT2D eigenvalue weighted by molar-refractivity contribution is 8.07. The van der Waals surface area contributed by atoms with Gasteiger partial charge >= 0.3 is 0 Å². The Morgan fingerprint density at radius 2 is 2.18 bits per heavy atom. The highest BCUT2D eigenvalue weighted by Gasteiger charge is 2.29. The molecular weight excluding hydrogens is 270 g/mol. The molecule has 3 nitrogen and oxygen atoms in total. The zero-order valence-corrected chi connectivity index (χ0v) is 12.9. The van der Waals surface area contributed by atoms with Crippen molar-refractivity contribution in [1.82, 2.24) is 9.36 Å². The predicted molar refractivity (Wildman–Crippen MR) is 80.4 cm³/mol. The Hall–Kier alpha value is 0.0600. The molecule has 17 heavy (non-hydrogen) atoms. The molecule has 1 aromatic heterocycles. The molecular formula is C11H19N3S3. The van der Waals surface area contributed by atoms with Crippen LogP contribution >= 0.6 is 35.1 Å². The van der Waals surface area contributed by atoms with Gasteiger partial charge in [0.1, 0.15) is 0 Å². The lowest BCUT2D eigenvalue weighted by atomic mass is 10.3. The van der Waals surface area contributed by atoms with Crippen molar-refractivity contribution < 1.29 is 0 Å². The van der Waals surface area contributed by atoms with Crippen molar-refractivity contribution in [2.24, 2.45) is 0 Å². The first-order valence-electron chi connectivity index (χ1n) is 6.05. The molecule has 0 bridgehead atoms. The van der Waals surface area contributed by atoms with Crippen LogP contribution in [0.15, 0.2) is 0 Å². The Balaban J connectivity index is 1.95. The van der Waals surface area contributed by atoms with E-state index in [-0.39, 0.29) is 0 Å². The maximum atomic E-state index is 4.59. The number of nitrogens with one attached hydrogen (secondary N) is 1. The summed E-state index contributed by atoms with van der Waals surface area (Å²) in [7, 11) is 0. The Labute approximate surface area is 116 Å². The van der Waals surface area contributed by atoms with Crippen LogP contribution in [0.25, 0.3) is 0 Å². The highest BCUT2D eigenvalue weighted by Crippen LogP contribution is 2.43. The molecule has 0 aromatic carbocycles. The van der Waals surface area contributed by atoms with Crippen LogP contribution in [-0.2, 0) is 0 Å². The molecule has 0 saturated carbocycles. The van der Waals surface area contributed by atoms with Crippen LogP contribution in [0.3, 0.4) is 0 Å². The van der Waals surface area contributed by atoms with Crippen molar-refractivity contribution in [3.8, 4) is 0 Å². The van der Waals surface area contributed by atoms with Gasteiger partial charge in [-0.05, 0) is 6.42 Å². The van der Waals surface area contributed by atoms with Crippen LogP contribution in [0.1, 0.15) is 38.3 Å². The maximum absolute atomic E-state index is 4.59. The van der Waals surface area contributed by atoms with Gasteiger partial charge in [-0.1, -0.05) is 20.8 Å². The lowest BCUT2D eigenvalue weighted by molar-refractivity contribution is 0.873. The molecule has 0 amide bonds. The Bertz CT molecular complexity index is 355. The molecule has 1 fully saturated rings. The topological polar surface area (TPSA) is 37.8 Å². The number of anilines is 1. The zero-order chi connectivity index (χ0) is 12.3. The van der Waals surface area contributed by atoms with Gasteiger partial charge in [0.15, 0.2) is 5.82 Å². The fourth-order valence-electron chi connectivity index (χ4n) is 1.59. The molecule has 1 aliphatic heterocycles. The van der Waals surface area contributed by atoms with Crippen molar-refractivity contribution in [3.63, 3.8) is 0 Å². The molecule has 0 radical (unpaired) electrons. The number of rotatable bonds is 4. The summed E-state index contributed by atoms with van der Waals surface area (Å²) in [5.74, 6) is 2.16. The van der Waals surface area contributed by atoms with Crippen LogP contribution in [0.4, 0.5) is 5.13 Å². The SMILES string of the molecule is CCCNc1nc(C2CSC(C)C(C)S2)ns1. The second-order valence-corrected chi connectivity index (χ2v) is 8.00. The largest absolute Gasteiger partial charge is 0.360 e. The summed E-state index contributed by atoms with van der Waals surface area (Å²) < 4.78 is 4.49. The number of thioether (sulfide) groups is 2. The summed E-state index contributed by atoms with van der Waals surface area (Å²) in [6, 6.07) is 0. The predicted octanol–water partition coefficient (Wildman–Crippen LogP) is 3.66. The van der Waals surface area contributed by atoms with Crippen molar-refractivity contribution in [3.05, 3.63) is 5.82 Å². The molecule has 3 atom stereocenters. The first kappa shape index (κ1) is 13.5.